The molecule has 2 heteroatoms. The molecular weight excluding hydrogens is 200 g/mol. The molecular formula is C14H12O2. The summed E-state index contributed by atoms with van der Waals surface area (Å²) in [5, 5.41) is 0. The van der Waals surface area contributed by atoms with Crippen molar-refractivity contribution < 1.29 is 9.53 Å². The Labute approximate surface area is 94.2 Å². The van der Waals surface area contributed by atoms with E-state index in [1.165, 1.54) is 11.1 Å². The minimum absolute atomic E-state index is 0.163. The van der Waals surface area contributed by atoms with Gasteiger partial charge in [-0.3, -0.25) is 0 Å². The molecule has 0 amide bonds. The monoisotopic (exact) mass is 212 g/mol. The molecule has 0 fully saturated rings. The van der Waals surface area contributed by atoms with Crippen molar-refractivity contribution in [1.82, 2.24) is 0 Å². The fourth-order valence-electron chi connectivity index (χ4n) is 2.30. The third-order valence-corrected chi connectivity index (χ3v) is 3.07. The number of allylic oxidation sites excluding steroid dienone is 2. The zero-order valence-electron chi connectivity index (χ0n) is 9.07. The van der Waals surface area contributed by atoms with Gasteiger partial charge in [-0.2, -0.15) is 0 Å². The molecule has 16 heavy (non-hydrogen) atoms. The Kier molecular flexibility index (Phi) is 1.96. The third-order valence-electron chi connectivity index (χ3n) is 3.07. The second-order valence-corrected chi connectivity index (χ2v) is 3.98. The fourth-order valence-corrected chi connectivity index (χ4v) is 2.30. The number of hydrogen-bond acceptors (Lipinski definition) is 2. The SMILES string of the molecule is CCOC(=O)C1=C2C=Cc3ccccc3C21. The van der Waals surface area contributed by atoms with Crippen molar-refractivity contribution in [2.24, 2.45) is 0 Å². The van der Waals surface area contributed by atoms with Crippen molar-refractivity contribution in [3.05, 3.63) is 52.6 Å². The Morgan fingerprint density at radius 1 is 1.31 bits per heavy atom. The highest BCUT2D eigenvalue weighted by Crippen LogP contribution is 2.52. The summed E-state index contributed by atoms with van der Waals surface area (Å²) in [4.78, 5) is 11.7. The molecule has 80 valence electrons. The predicted molar refractivity (Wildman–Crippen MR) is 61.9 cm³/mol. The number of hydrogen-bond donors (Lipinski definition) is 0. The number of carbonyl (C=O) groups excluding carboxylic acids is 1. The molecule has 2 aliphatic carbocycles. The van der Waals surface area contributed by atoms with E-state index in [4.69, 9.17) is 4.74 Å². The first-order valence-electron chi connectivity index (χ1n) is 5.51. The summed E-state index contributed by atoms with van der Waals surface area (Å²) in [7, 11) is 0. The second-order valence-electron chi connectivity index (χ2n) is 3.98. The average Bonchev–Trinajstić information content (AvgIpc) is 3.04. The lowest BCUT2D eigenvalue weighted by molar-refractivity contribution is -0.138. The zero-order chi connectivity index (χ0) is 11.1. The van der Waals surface area contributed by atoms with E-state index in [1.807, 2.05) is 25.1 Å². The van der Waals surface area contributed by atoms with Gasteiger partial charge in [-0.05, 0) is 23.6 Å². The quantitative estimate of drug-likeness (QED) is 0.704. The topological polar surface area (TPSA) is 26.3 Å². The number of ether oxygens (including phenoxy) is 1. The van der Waals surface area contributed by atoms with Crippen LogP contribution in [0, 0.1) is 0 Å². The van der Waals surface area contributed by atoms with Crippen LogP contribution in [0.2, 0.25) is 0 Å². The fraction of sp³-hybridized carbons (Fsp3) is 0.214. The molecule has 0 saturated heterocycles. The molecule has 0 aliphatic heterocycles. The molecule has 2 nitrogen and oxygen atoms in total. The van der Waals surface area contributed by atoms with E-state index in [9.17, 15) is 4.79 Å². The van der Waals surface area contributed by atoms with Crippen molar-refractivity contribution in [2.45, 2.75) is 12.8 Å². The van der Waals surface area contributed by atoms with Gasteiger partial charge in [-0.1, -0.05) is 36.4 Å². The molecule has 3 rings (SSSR count). The molecule has 0 N–H and O–H groups in total. The lowest BCUT2D eigenvalue weighted by Crippen LogP contribution is -2.04. The third kappa shape index (κ3) is 1.23. The van der Waals surface area contributed by atoms with Crippen LogP contribution in [0.5, 0.6) is 0 Å². The summed E-state index contributed by atoms with van der Waals surface area (Å²) in [6.07, 6.45) is 4.09. The van der Waals surface area contributed by atoms with Gasteiger partial charge >= 0.3 is 5.97 Å². The molecule has 0 aromatic heterocycles. The molecule has 0 spiro atoms. The molecule has 0 bridgehead atoms. The highest BCUT2D eigenvalue weighted by atomic mass is 16.5. The Bertz CT molecular complexity index is 523. The van der Waals surface area contributed by atoms with E-state index in [1.54, 1.807) is 0 Å². The van der Waals surface area contributed by atoms with Gasteiger partial charge < -0.3 is 4.74 Å². The average molecular weight is 212 g/mol. The minimum atomic E-state index is -0.163. The van der Waals surface area contributed by atoms with Gasteiger partial charge in [0.2, 0.25) is 0 Å². The lowest BCUT2D eigenvalue weighted by atomic mass is 9.95. The van der Waals surface area contributed by atoms with Crippen molar-refractivity contribution in [2.75, 3.05) is 6.61 Å². The minimum Gasteiger partial charge on any atom is -0.463 e. The van der Waals surface area contributed by atoms with Gasteiger partial charge in [-0.15, -0.1) is 0 Å². The van der Waals surface area contributed by atoms with Crippen LogP contribution in [0.25, 0.3) is 6.08 Å². The molecule has 1 atom stereocenters. The first-order valence-corrected chi connectivity index (χ1v) is 5.51. The summed E-state index contributed by atoms with van der Waals surface area (Å²) >= 11 is 0. The van der Waals surface area contributed by atoms with Gasteiger partial charge in [-0.25, -0.2) is 4.79 Å². The maximum Gasteiger partial charge on any atom is 0.335 e. The summed E-state index contributed by atoms with van der Waals surface area (Å²) < 4.78 is 5.04. The Balaban J connectivity index is 1.94. The van der Waals surface area contributed by atoms with Crippen LogP contribution < -0.4 is 0 Å². The Hall–Kier alpha value is -1.83. The largest absolute Gasteiger partial charge is 0.463 e. The van der Waals surface area contributed by atoms with E-state index < -0.39 is 0 Å². The molecule has 0 radical (unpaired) electrons. The maximum atomic E-state index is 11.7. The Morgan fingerprint density at radius 3 is 2.94 bits per heavy atom. The number of benzene rings is 1. The van der Waals surface area contributed by atoms with Gasteiger partial charge in [0.15, 0.2) is 0 Å². The second kappa shape index (κ2) is 3.34. The molecule has 0 saturated carbocycles. The van der Waals surface area contributed by atoms with Crippen LogP contribution in [0.15, 0.2) is 41.5 Å². The van der Waals surface area contributed by atoms with Gasteiger partial charge in [0.1, 0.15) is 0 Å². The van der Waals surface area contributed by atoms with Crippen molar-refractivity contribution in [3.8, 4) is 0 Å². The van der Waals surface area contributed by atoms with E-state index in [-0.39, 0.29) is 11.9 Å². The smallest absolute Gasteiger partial charge is 0.335 e. The number of esters is 1. The van der Waals surface area contributed by atoms with E-state index in [0.29, 0.717) is 6.61 Å². The predicted octanol–water partition coefficient (Wildman–Crippen LogP) is 2.67. The first-order chi connectivity index (χ1) is 7.83. The van der Waals surface area contributed by atoms with Gasteiger partial charge in [0, 0.05) is 5.92 Å². The van der Waals surface area contributed by atoms with Crippen LogP contribution in [0.4, 0.5) is 0 Å². The van der Waals surface area contributed by atoms with Crippen LogP contribution in [0.1, 0.15) is 24.0 Å². The standard InChI is InChI=1S/C14H12O2/c1-2-16-14(15)13-11-8-7-9-5-3-4-6-10(9)12(11)13/h3-8,12H,2H2,1H3. The number of carbonyl (C=O) groups is 1. The van der Waals surface area contributed by atoms with E-state index in [0.717, 1.165) is 11.1 Å². The lowest BCUT2D eigenvalue weighted by Gasteiger charge is -2.09. The summed E-state index contributed by atoms with van der Waals surface area (Å²) in [5.74, 6) is 0.0316. The number of fused-ring (bicyclic) bond motifs is 3. The maximum absolute atomic E-state index is 11.7. The van der Waals surface area contributed by atoms with Crippen molar-refractivity contribution in [1.29, 1.82) is 0 Å². The Morgan fingerprint density at radius 2 is 2.12 bits per heavy atom. The summed E-state index contributed by atoms with van der Waals surface area (Å²) in [5.41, 5.74) is 4.39. The van der Waals surface area contributed by atoms with Gasteiger partial charge in [0.05, 0.1) is 12.2 Å². The van der Waals surface area contributed by atoms with Crippen LogP contribution in [0.3, 0.4) is 0 Å². The van der Waals surface area contributed by atoms with Crippen molar-refractivity contribution in [3.63, 3.8) is 0 Å². The number of rotatable bonds is 2. The normalized spacial score (nSPS) is 20.2. The summed E-state index contributed by atoms with van der Waals surface area (Å²) in [6, 6.07) is 8.18. The highest BCUT2D eigenvalue weighted by molar-refractivity contribution is 6.01. The van der Waals surface area contributed by atoms with Crippen molar-refractivity contribution >= 4 is 12.0 Å². The molecule has 0 heterocycles. The first kappa shape index (κ1) is 9.40. The van der Waals surface area contributed by atoms with Crippen LogP contribution in [-0.2, 0) is 9.53 Å². The summed E-state index contributed by atoms with van der Waals surface area (Å²) in [6.45, 7) is 2.27. The van der Waals surface area contributed by atoms with E-state index in [2.05, 4.69) is 18.2 Å². The molecule has 1 unspecified atom stereocenters. The van der Waals surface area contributed by atoms with Crippen LogP contribution in [-0.4, -0.2) is 12.6 Å². The van der Waals surface area contributed by atoms with Gasteiger partial charge in [0.25, 0.3) is 0 Å². The highest BCUT2D eigenvalue weighted by Gasteiger charge is 2.44. The molecule has 1 aromatic carbocycles. The molecule has 2 aliphatic rings. The van der Waals surface area contributed by atoms with Crippen LogP contribution >= 0.6 is 0 Å². The zero-order valence-corrected chi connectivity index (χ0v) is 9.07. The van der Waals surface area contributed by atoms with E-state index >= 15 is 0 Å². The molecule has 1 aromatic rings.